The van der Waals surface area contributed by atoms with E-state index in [2.05, 4.69) is 53.2 Å². The maximum atomic E-state index is 10.2. The van der Waals surface area contributed by atoms with Crippen molar-refractivity contribution in [2.24, 2.45) is 10.9 Å². The van der Waals surface area contributed by atoms with Gasteiger partial charge in [-0.25, -0.2) is 14.6 Å². The molecule has 0 saturated carbocycles. The average molecular weight is 653 g/mol. The zero-order chi connectivity index (χ0) is 32.4. The summed E-state index contributed by atoms with van der Waals surface area (Å²) in [5.41, 5.74) is 10.3. The second-order valence-corrected chi connectivity index (χ2v) is 15.5. The topological polar surface area (TPSA) is 138 Å². The number of aryl methyl sites for hydroxylation is 1. The largest absolute Gasteiger partial charge is 0.389 e. The van der Waals surface area contributed by atoms with Gasteiger partial charge in [-0.15, -0.1) is 11.3 Å². The number of piperidine rings is 1. The van der Waals surface area contributed by atoms with Gasteiger partial charge in [0.15, 0.2) is 22.9 Å². The van der Waals surface area contributed by atoms with E-state index in [0.29, 0.717) is 34.0 Å². The number of likely N-dealkylation sites (tertiary alicyclic amines) is 1. The van der Waals surface area contributed by atoms with Gasteiger partial charge in [0, 0.05) is 35.6 Å². The second kappa shape index (κ2) is 11.7. The minimum atomic E-state index is -0.391. The fourth-order valence-electron chi connectivity index (χ4n) is 9.39. The molecule has 0 amide bonds. The number of rotatable bonds is 6. The second-order valence-electron chi connectivity index (χ2n) is 14.3. The van der Waals surface area contributed by atoms with Gasteiger partial charge in [-0.2, -0.15) is 10.4 Å². The monoisotopic (exact) mass is 652 g/mol. The van der Waals surface area contributed by atoms with Crippen LogP contribution in [-0.2, 0) is 18.3 Å². The van der Waals surface area contributed by atoms with E-state index < -0.39 is 5.41 Å². The first-order valence-corrected chi connectivity index (χ1v) is 18.1. The fraction of sp³-hybridized carbons (Fsp3) is 0.600. The van der Waals surface area contributed by atoms with Crippen molar-refractivity contribution in [2.75, 3.05) is 37.3 Å². The molecule has 4 aromatic heterocycles. The first-order valence-electron chi connectivity index (χ1n) is 17.3. The average Bonchev–Trinajstić information content (AvgIpc) is 3.86. The highest BCUT2D eigenvalue weighted by molar-refractivity contribution is 7.16. The summed E-state index contributed by atoms with van der Waals surface area (Å²) < 4.78 is 8.50. The van der Waals surface area contributed by atoms with Crippen molar-refractivity contribution in [3.63, 3.8) is 0 Å². The van der Waals surface area contributed by atoms with Gasteiger partial charge in [-0.05, 0) is 110 Å². The Morgan fingerprint density at radius 3 is 2.79 bits per heavy atom. The molecule has 8 rings (SSSR count). The molecule has 12 heteroatoms. The lowest BCUT2D eigenvalue weighted by molar-refractivity contribution is 0.232. The normalized spacial score (nSPS) is 26.8. The van der Waals surface area contributed by atoms with E-state index in [1.165, 1.54) is 11.3 Å². The Kier molecular flexibility index (Phi) is 7.60. The molecule has 246 valence electrons. The molecule has 5 atom stereocenters. The zero-order valence-electron chi connectivity index (χ0n) is 27.7. The lowest BCUT2D eigenvalue weighted by Crippen LogP contribution is -2.42. The highest BCUT2D eigenvalue weighted by Crippen LogP contribution is 2.55. The fourth-order valence-corrected chi connectivity index (χ4v) is 10.6. The summed E-state index contributed by atoms with van der Waals surface area (Å²) in [6.45, 7) is 11.1. The third-order valence-electron chi connectivity index (χ3n) is 11.7. The Morgan fingerprint density at radius 2 is 2.04 bits per heavy atom. The number of nitrogens with zero attached hydrogens (tertiary/aromatic N) is 9. The van der Waals surface area contributed by atoms with Crippen LogP contribution >= 0.6 is 11.3 Å². The van der Waals surface area contributed by atoms with Crippen molar-refractivity contribution in [2.45, 2.75) is 102 Å². The number of hydrogen-bond donors (Lipinski definition) is 1. The van der Waals surface area contributed by atoms with Crippen molar-refractivity contribution in [3.05, 3.63) is 33.5 Å². The highest BCUT2D eigenvalue weighted by atomic mass is 32.1. The van der Waals surface area contributed by atoms with Crippen molar-refractivity contribution in [1.29, 1.82) is 5.26 Å². The number of nitriles is 1. The molecule has 47 heavy (non-hydrogen) atoms. The molecule has 11 nitrogen and oxygen atoms in total. The van der Waals surface area contributed by atoms with Gasteiger partial charge in [0.1, 0.15) is 16.9 Å². The van der Waals surface area contributed by atoms with Crippen LogP contribution in [0.4, 0.5) is 10.8 Å². The van der Waals surface area contributed by atoms with Crippen molar-refractivity contribution in [1.82, 2.24) is 29.8 Å². The lowest BCUT2D eigenvalue weighted by atomic mass is 9.63. The first-order chi connectivity index (χ1) is 22.8. The van der Waals surface area contributed by atoms with Crippen molar-refractivity contribution in [3.8, 4) is 17.6 Å². The Hall–Kier alpha value is -3.82. The maximum Gasteiger partial charge on any atom is 0.186 e. The minimum Gasteiger partial charge on any atom is -0.389 e. The number of nitrogen functional groups attached to an aromatic ring is 1. The summed E-state index contributed by atoms with van der Waals surface area (Å²) in [6, 6.07) is 3.27. The van der Waals surface area contributed by atoms with Crippen LogP contribution in [0.2, 0.25) is 0 Å². The summed E-state index contributed by atoms with van der Waals surface area (Å²) in [6.07, 6.45) is 12.0. The van der Waals surface area contributed by atoms with Gasteiger partial charge in [0.25, 0.3) is 0 Å². The van der Waals surface area contributed by atoms with Crippen LogP contribution in [0.15, 0.2) is 15.7 Å². The van der Waals surface area contributed by atoms with Crippen LogP contribution < -0.4 is 10.6 Å². The molecule has 0 aromatic carbocycles. The molecular formula is C35H44N10OS. The van der Waals surface area contributed by atoms with E-state index in [1.54, 1.807) is 11.3 Å². The molecular weight excluding hydrogens is 609 g/mol. The van der Waals surface area contributed by atoms with E-state index in [0.717, 1.165) is 111 Å². The van der Waals surface area contributed by atoms with Gasteiger partial charge in [0.2, 0.25) is 0 Å². The summed E-state index contributed by atoms with van der Waals surface area (Å²) in [5, 5.41) is 21.5. The van der Waals surface area contributed by atoms with Crippen LogP contribution in [0.3, 0.4) is 0 Å². The SMILES string of the molecule is C=NC[C@H]1CCN(c2nc(-c3noc4c3CCC[C@@]43CCCc4sc(N)c(C#N)c43)nc3c2cnn3[C@@H](C)[C@@H]2CCCN2C)[C@H](C)C1. The molecule has 2 aliphatic carbocycles. The number of thiophene rings is 1. The van der Waals surface area contributed by atoms with Gasteiger partial charge >= 0.3 is 0 Å². The van der Waals surface area contributed by atoms with Crippen LogP contribution in [0, 0.1) is 17.2 Å². The van der Waals surface area contributed by atoms with Crippen molar-refractivity contribution >= 4 is 39.9 Å². The Bertz CT molecular complexity index is 1880. The van der Waals surface area contributed by atoms with Crippen LogP contribution in [0.1, 0.15) is 98.6 Å². The molecule has 0 unspecified atom stereocenters. The van der Waals surface area contributed by atoms with Gasteiger partial charge < -0.3 is 25.0 Å². The quantitative estimate of drug-likeness (QED) is 0.252. The third kappa shape index (κ3) is 4.71. The third-order valence-corrected chi connectivity index (χ3v) is 12.7. The molecule has 2 N–H and O–H groups in total. The molecule has 2 saturated heterocycles. The van der Waals surface area contributed by atoms with Gasteiger partial charge in [0.05, 0.1) is 28.6 Å². The number of aliphatic imine (C=N–C) groups is 1. The number of anilines is 2. The summed E-state index contributed by atoms with van der Waals surface area (Å²) in [7, 11) is 2.21. The Morgan fingerprint density at radius 1 is 1.21 bits per heavy atom. The van der Waals surface area contributed by atoms with Crippen molar-refractivity contribution < 1.29 is 4.52 Å². The smallest absolute Gasteiger partial charge is 0.186 e. The molecule has 0 radical (unpaired) electrons. The van der Waals surface area contributed by atoms with E-state index in [-0.39, 0.29) is 12.1 Å². The summed E-state index contributed by atoms with van der Waals surface area (Å²) in [5.74, 6) is 2.91. The Balaban J connectivity index is 1.28. The highest BCUT2D eigenvalue weighted by Gasteiger charge is 2.49. The number of fused-ring (bicyclic) bond motifs is 5. The molecule has 1 spiro atoms. The minimum absolute atomic E-state index is 0.154. The first kappa shape index (κ1) is 30.5. The van der Waals surface area contributed by atoms with Gasteiger partial charge in [-0.1, -0.05) is 5.16 Å². The van der Waals surface area contributed by atoms with E-state index in [4.69, 9.17) is 30.5 Å². The summed E-state index contributed by atoms with van der Waals surface area (Å²) in [4.78, 5) is 20.9. The Labute approximate surface area is 279 Å². The standard InChI is InChI=1S/C35H44N10OS/c1-20-16-22(18-38-3)11-15-44(20)33-25-19-39-45(21(2)26-9-7-14-43(26)4)34(25)41-32(40-33)29-23-8-5-12-35(30(23)46-42-29)13-6-10-27-28(35)24(17-36)31(37)47-27/h19-22,26H,3,5-16,18,37H2,1-2,4H3/t20-,21+,22+,26+,35+/m1/s1. The predicted octanol–water partition coefficient (Wildman–Crippen LogP) is 5.92. The van der Waals surface area contributed by atoms with Gasteiger partial charge in [-0.3, -0.25) is 0 Å². The van der Waals surface area contributed by atoms with Crippen LogP contribution in [0.5, 0.6) is 0 Å². The van der Waals surface area contributed by atoms with E-state index >= 15 is 0 Å². The lowest BCUT2D eigenvalue weighted by Gasteiger charge is -2.39. The molecule has 6 heterocycles. The summed E-state index contributed by atoms with van der Waals surface area (Å²) >= 11 is 1.57. The predicted molar refractivity (Wildman–Crippen MR) is 185 cm³/mol. The molecule has 2 aliphatic heterocycles. The molecule has 0 bridgehead atoms. The zero-order valence-corrected chi connectivity index (χ0v) is 28.5. The van der Waals surface area contributed by atoms with E-state index in [9.17, 15) is 5.26 Å². The van der Waals surface area contributed by atoms with E-state index in [1.807, 2.05) is 6.20 Å². The number of likely N-dealkylation sites (N-methyl/N-ethyl adjacent to an activating group) is 1. The van der Waals surface area contributed by atoms with Crippen LogP contribution in [-0.4, -0.2) is 75.3 Å². The number of nitrogens with two attached hydrogens (primary N) is 1. The maximum absolute atomic E-state index is 10.2. The number of aromatic nitrogens is 5. The molecule has 4 aromatic rings. The number of hydrogen-bond acceptors (Lipinski definition) is 11. The molecule has 2 fully saturated rings. The molecule has 4 aliphatic rings. The van der Waals surface area contributed by atoms with Crippen LogP contribution in [0.25, 0.3) is 22.6 Å².